The highest BCUT2D eigenvalue weighted by Crippen LogP contribution is 2.46. The lowest BCUT2D eigenvalue weighted by molar-refractivity contribution is -0.137. The second-order valence-electron chi connectivity index (χ2n) is 7.22. The van der Waals surface area contributed by atoms with Crippen molar-refractivity contribution in [3.8, 4) is 0 Å². The average Bonchev–Trinajstić information content (AvgIpc) is 3.43. The summed E-state index contributed by atoms with van der Waals surface area (Å²) in [5.74, 6) is -0.949. The van der Waals surface area contributed by atoms with Crippen LogP contribution in [0.2, 0.25) is 0 Å². The molecule has 1 heterocycles. The van der Waals surface area contributed by atoms with E-state index in [1.165, 1.54) is 6.07 Å². The molecule has 144 valence electrons. The first-order chi connectivity index (χ1) is 13.6. The number of nitrogens with one attached hydrogen (secondary N) is 3. The molecule has 1 aromatic heterocycles. The van der Waals surface area contributed by atoms with Crippen molar-refractivity contribution in [1.82, 2.24) is 15.6 Å². The molecule has 4 rings (SSSR count). The number of H-pyrrole nitrogens is 1. The largest absolute Gasteiger partial charge is 0.361 e. The molecule has 0 spiro atoms. The van der Waals surface area contributed by atoms with E-state index in [-0.39, 0.29) is 24.2 Å². The molecule has 3 N–H and O–H groups in total. The zero-order valence-corrected chi connectivity index (χ0v) is 15.4. The fraction of sp³-hybridized carbons (Fsp3) is 0.273. The molecule has 0 aliphatic heterocycles. The van der Waals surface area contributed by atoms with Gasteiger partial charge in [0.05, 0.1) is 0 Å². The lowest BCUT2D eigenvalue weighted by Gasteiger charge is -2.15. The molecule has 28 heavy (non-hydrogen) atoms. The highest BCUT2D eigenvalue weighted by atomic mass is 19.1. The molecule has 0 saturated heterocycles. The van der Waals surface area contributed by atoms with E-state index >= 15 is 0 Å². The van der Waals surface area contributed by atoms with Crippen LogP contribution in [-0.2, 0) is 22.6 Å². The smallest absolute Gasteiger partial charge is 0.235 e. The standard InChI is InChI=1S/C22H22FN3O2/c23-18-7-3-1-5-16(18)14-26-21(28)22(10-11-22)20(27)24-12-9-15-13-25-19-8-4-2-6-17(15)19/h1-8,13,25H,9-12,14H2,(H,24,27)(H,26,28). The molecule has 3 aromatic rings. The number of fused-ring (bicyclic) bond motifs is 1. The van der Waals surface area contributed by atoms with Gasteiger partial charge in [-0.2, -0.15) is 0 Å². The maximum atomic E-state index is 13.7. The number of carbonyl (C=O) groups is 2. The third-order valence-electron chi connectivity index (χ3n) is 5.37. The molecule has 0 atom stereocenters. The van der Waals surface area contributed by atoms with Crippen LogP contribution in [0.4, 0.5) is 4.39 Å². The van der Waals surface area contributed by atoms with E-state index < -0.39 is 5.41 Å². The summed E-state index contributed by atoms with van der Waals surface area (Å²) in [6, 6.07) is 14.3. The van der Waals surface area contributed by atoms with E-state index in [2.05, 4.69) is 15.6 Å². The topological polar surface area (TPSA) is 74.0 Å². The molecule has 0 unspecified atom stereocenters. The van der Waals surface area contributed by atoms with E-state index in [1.54, 1.807) is 18.2 Å². The Labute approximate surface area is 162 Å². The van der Waals surface area contributed by atoms with Gasteiger partial charge in [0.1, 0.15) is 11.2 Å². The number of rotatable bonds is 7. The zero-order chi connectivity index (χ0) is 19.6. The number of carbonyl (C=O) groups excluding carboxylic acids is 2. The van der Waals surface area contributed by atoms with Gasteiger partial charge in [-0.1, -0.05) is 36.4 Å². The monoisotopic (exact) mass is 379 g/mol. The molecule has 2 aromatic carbocycles. The number of para-hydroxylation sites is 1. The Bertz CT molecular complexity index is 1020. The Hall–Kier alpha value is -3.15. The molecule has 2 amide bonds. The molecule has 6 heteroatoms. The van der Waals surface area contributed by atoms with Crippen molar-refractivity contribution in [2.24, 2.45) is 5.41 Å². The van der Waals surface area contributed by atoms with Crippen molar-refractivity contribution in [2.45, 2.75) is 25.8 Å². The number of amides is 2. The van der Waals surface area contributed by atoms with Crippen molar-refractivity contribution in [3.63, 3.8) is 0 Å². The van der Waals surface area contributed by atoms with Crippen LogP contribution in [-0.4, -0.2) is 23.3 Å². The third-order valence-corrected chi connectivity index (χ3v) is 5.37. The Morgan fingerprint density at radius 2 is 1.68 bits per heavy atom. The number of hydrogen-bond donors (Lipinski definition) is 3. The number of aromatic nitrogens is 1. The molecule has 0 radical (unpaired) electrons. The highest BCUT2D eigenvalue weighted by Gasteiger charge is 2.56. The first kappa shape index (κ1) is 18.2. The van der Waals surface area contributed by atoms with Crippen molar-refractivity contribution >= 4 is 22.7 Å². The first-order valence-corrected chi connectivity index (χ1v) is 9.45. The summed E-state index contributed by atoms with van der Waals surface area (Å²) in [5.41, 5.74) is 1.59. The minimum Gasteiger partial charge on any atom is -0.361 e. The van der Waals surface area contributed by atoms with Gasteiger partial charge in [0.2, 0.25) is 11.8 Å². The van der Waals surface area contributed by atoms with Crippen LogP contribution in [0.1, 0.15) is 24.0 Å². The summed E-state index contributed by atoms with van der Waals surface area (Å²) in [7, 11) is 0. The van der Waals surface area contributed by atoms with Crippen LogP contribution in [0, 0.1) is 11.2 Å². The number of aromatic amines is 1. The Kier molecular flexibility index (Phi) is 4.86. The minimum absolute atomic E-state index is 0.0792. The normalized spacial score (nSPS) is 14.6. The minimum atomic E-state index is -1.01. The molecule has 1 fully saturated rings. The summed E-state index contributed by atoms with van der Waals surface area (Å²) >= 11 is 0. The number of benzene rings is 2. The van der Waals surface area contributed by atoms with Crippen LogP contribution in [0.25, 0.3) is 10.9 Å². The summed E-state index contributed by atoms with van der Waals surface area (Å²) in [4.78, 5) is 28.3. The van der Waals surface area contributed by atoms with Gasteiger partial charge in [0.15, 0.2) is 0 Å². The van der Waals surface area contributed by atoms with Gasteiger partial charge < -0.3 is 15.6 Å². The van der Waals surface area contributed by atoms with E-state index in [9.17, 15) is 14.0 Å². The molecule has 0 bridgehead atoms. The second-order valence-corrected chi connectivity index (χ2v) is 7.22. The fourth-order valence-electron chi connectivity index (χ4n) is 3.49. The van der Waals surface area contributed by atoms with Gasteiger partial charge in [-0.3, -0.25) is 9.59 Å². The van der Waals surface area contributed by atoms with Crippen LogP contribution in [0.3, 0.4) is 0 Å². The Morgan fingerprint density at radius 1 is 0.964 bits per heavy atom. The SMILES string of the molecule is O=C(NCCc1c[nH]c2ccccc12)C1(C(=O)NCc2ccccc2F)CC1. The summed E-state index contributed by atoms with van der Waals surface area (Å²) in [6.07, 6.45) is 3.68. The van der Waals surface area contributed by atoms with Crippen molar-refractivity contribution < 1.29 is 14.0 Å². The zero-order valence-electron chi connectivity index (χ0n) is 15.4. The Morgan fingerprint density at radius 3 is 2.46 bits per heavy atom. The number of hydrogen-bond acceptors (Lipinski definition) is 2. The van der Waals surface area contributed by atoms with E-state index in [4.69, 9.17) is 0 Å². The molecular weight excluding hydrogens is 357 g/mol. The average molecular weight is 379 g/mol. The van der Waals surface area contributed by atoms with Gasteiger partial charge in [0, 0.05) is 35.8 Å². The van der Waals surface area contributed by atoms with Crippen molar-refractivity contribution in [3.05, 3.63) is 71.7 Å². The molecule has 1 aliphatic rings. The Balaban J connectivity index is 1.31. The lowest BCUT2D eigenvalue weighted by Crippen LogP contribution is -2.43. The van der Waals surface area contributed by atoms with Gasteiger partial charge >= 0.3 is 0 Å². The van der Waals surface area contributed by atoms with Gasteiger partial charge in [0.25, 0.3) is 0 Å². The van der Waals surface area contributed by atoms with Crippen molar-refractivity contribution in [1.29, 1.82) is 0 Å². The number of halogens is 1. The second kappa shape index (κ2) is 7.46. The quantitative estimate of drug-likeness (QED) is 0.552. The maximum absolute atomic E-state index is 13.7. The van der Waals surface area contributed by atoms with Crippen LogP contribution in [0.5, 0.6) is 0 Å². The third kappa shape index (κ3) is 3.50. The van der Waals surface area contributed by atoms with Gasteiger partial charge in [-0.05, 0) is 37.0 Å². The summed E-state index contributed by atoms with van der Waals surface area (Å²) in [6.45, 7) is 0.541. The van der Waals surface area contributed by atoms with E-state index in [1.807, 2.05) is 30.5 Å². The van der Waals surface area contributed by atoms with Crippen LogP contribution < -0.4 is 10.6 Å². The predicted octanol–water partition coefficient (Wildman–Crippen LogP) is 3.06. The lowest BCUT2D eigenvalue weighted by atomic mass is 10.0. The van der Waals surface area contributed by atoms with E-state index in [0.717, 1.165) is 16.5 Å². The van der Waals surface area contributed by atoms with E-state index in [0.29, 0.717) is 31.4 Å². The molecule has 1 saturated carbocycles. The highest BCUT2D eigenvalue weighted by molar-refractivity contribution is 6.07. The molecule has 5 nitrogen and oxygen atoms in total. The first-order valence-electron chi connectivity index (χ1n) is 9.45. The maximum Gasteiger partial charge on any atom is 0.235 e. The molecular formula is C22H22FN3O2. The predicted molar refractivity (Wildman–Crippen MR) is 105 cm³/mol. The summed E-state index contributed by atoms with van der Waals surface area (Å²) in [5, 5.41) is 6.74. The van der Waals surface area contributed by atoms with Gasteiger partial charge in [-0.25, -0.2) is 4.39 Å². The summed E-state index contributed by atoms with van der Waals surface area (Å²) < 4.78 is 13.7. The van der Waals surface area contributed by atoms with Gasteiger partial charge in [-0.15, -0.1) is 0 Å². The van der Waals surface area contributed by atoms with Crippen molar-refractivity contribution in [2.75, 3.05) is 6.54 Å². The van der Waals surface area contributed by atoms with Crippen LogP contribution >= 0.6 is 0 Å². The fourth-order valence-corrected chi connectivity index (χ4v) is 3.49. The van der Waals surface area contributed by atoms with Crippen LogP contribution in [0.15, 0.2) is 54.7 Å². The molecule has 1 aliphatic carbocycles.